The number of carboxylic acid groups (broad SMARTS) is 1. The van der Waals surface area contributed by atoms with E-state index in [2.05, 4.69) is 28.6 Å². The predicted octanol–water partition coefficient (Wildman–Crippen LogP) is -1.65. The van der Waals surface area contributed by atoms with Crippen LogP contribution in [0.2, 0.25) is 0 Å². The molecule has 0 bridgehead atoms. The van der Waals surface area contributed by atoms with Crippen LogP contribution in [0.25, 0.3) is 0 Å². The Hall–Kier alpha value is -1.28. The lowest BCUT2D eigenvalue weighted by atomic mass is 10.2. The average molecular weight is 275 g/mol. The number of aliphatic carboxylic acids is 1. The minimum absolute atomic E-state index is 0.000793. The zero-order valence-corrected chi connectivity index (χ0v) is 10.7. The number of thiol groups is 1. The predicted molar refractivity (Wildman–Crippen MR) is 67.5 cm³/mol. The van der Waals surface area contributed by atoms with Crippen LogP contribution in [0.4, 0.5) is 0 Å². The van der Waals surface area contributed by atoms with Gasteiger partial charge in [0.1, 0.15) is 6.04 Å². The van der Waals surface area contributed by atoms with Crippen molar-refractivity contribution < 1.29 is 19.5 Å². The van der Waals surface area contributed by atoms with Crippen LogP contribution in [0.5, 0.6) is 0 Å². The summed E-state index contributed by atoms with van der Waals surface area (Å²) in [5, 5.41) is 16.4. The smallest absolute Gasteiger partial charge is 0.327 e. The molecule has 2 amide bonds. The second kappa shape index (κ2) is 7.22. The molecule has 1 heterocycles. The van der Waals surface area contributed by atoms with Gasteiger partial charge in [0.05, 0.1) is 12.6 Å². The first-order chi connectivity index (χ1) is 8.54. The Kier molecular flexibility index (Phi) is 5.93. The van der Waals surface area contributed by atoms with Crippen LogP contribution in [-0.4, -0.2) is 53.8 Å². The molecule has 0 unspecified atom stereocenters. The van der Waals surface area contributed by atoms with Crippen molar-refractivity contribution in [3.05, 3.63) is 0 Å². The van der Waals surface area contributed by atoms with E-state index in [1.165, 1.54) is 0 Å². The van der Waals surface area contributed by atoms with Crippen molar-refractivity contribution in [3.8, 4) is 0 Å². The van der Waals surface area contributed by atoms with Crippen LogP contribution in [0.15, 0.2) is 0 Å². The van der Waals surface area contributed by atoms with E-state index in [0.29, 0.717) is 0 Å². The van der Waals surface area contributed by atoms with E-state index in [4.69, 9.17) is 5.11 Å². The first-order valence-corrected chi connectivity index (χ1v) is 6.32. The summed E-state index contributed by atoms with van der Waals surface area (Å²) in [4.78, 5) is 33.6. The minimum Gasteiger partial charge on any atom is -0.480 e. The van der Waals surface area contributed by atoms with Crippen LogP contribution in [0.3, 0.4) is 0 Å². The van der Waals surface area contributed by atoms with Gasteiger partial charge in [-0.1, -0.05) is 0 Å². The van der Waals surface area contributed by atoms with Crippen LogP contribution in [-0.2, 0) is 14.4 Å². The Morgan fingerprint density at radius 2 is 2.17 bits per heavy atom. The molecule has 0 aliphatic carbocycles. The lowest BCUT2D eigenvalue weighted by molar-refractivity contribution is -0.141. The van der Waals surface area contributed by atoms with Gasteiger partial charge in [-0.2, -0.15) is 12.6 Å². The number of carboxylic acids is 1. The molecule has 1 fully saturated rings. The fraction of sp³-hybridized carbons (Fsp3) is 0.700. The molecule has 18 heavy (non-hydrogen) atoms. The van der Waals surface area contributed by atoms with Crippen molar-refractivity contribution in [2.24, 2.45) is 0 Å². The van der Waals surface area contributed by atoms with E-state index >= 15 is 0 Å². The van der Waals surface area contributed by atoms with Gasteiger partial charge >= 0.3 is 5.97 Å². The molecule has 1 saturated heterocycles. The number of hydrogen-bond donors (Lipinski definition) is 5. The van der Waals surface area contributed by atoms with Crippen molar-refractivity contribution in [1.29, 1.82) is 0 Å². The standard InChI is InChI=1S/C10H17N3O4S/c14-8(13-7(5-18)10(16)17)4-12-9(15)6-2-1-3-11-6/h6-7,11,18H,1-5H2,(H,12,15)(H,13,14)(H,16,17)/t6-,7-/m0/s1. The Balaban J connectivity index is 2.27. The Morgan fingerprint density at radius 1 is 1.44 bits per heavy atom. The van der Waals surface area contributed by atoms with Crippen molar-refractivity contribution in [2.45, 2.75) is 24.9 Å². The van der Waals surface area contributed by atoms with Crippen LogP contribution in [0.1, 0.15) is 12.8 Å². The third-order valence-electron chi connectivity index (χ3n) is 2.62. The van der Waals surface area contributed by atoms with Gasteiger partial charge < -0.3 is 21.1 Å². The summed E-state index contributed by atoms with van der Waals surface area (Å²) < 4.78 is 0. The highest BCUT2D eigenvalue weighted by molar-refractivity contribution is 7.80. The maximum absolute atomic E-state index is 11.6. The average Bonchev–Trinajstić information content (AvgIpc) is 2.86. The summed E-state index contributed by atoms with van der Waals surface area (Å²) in [7, 11) is 0. The van der Waals surface area contributed by atoms with Crippen LogP contribution in [0, 0.1) is 0 Å². The second-order valence-electron chi connectivity index (χ2n) is 4.01. The Bertz CT molecular complexity index is 331. The maximum Gasteiger partial charge on any atom is 0.327 e. The molecule has 0 aromatic carbocycles. The van der Waals surface area contributed by atoms with Gasteiger partial charge in [0.15, 0.2) is 0 Å². The van der Waals surface area contributed by atoms with Crippen molar-refractivity contribution in [2.75, 3.05) is 18.8 Å². The highest BCUT2D eigenvalue weighted by Crippen LogP contribution is 2.03. The molecule has 8 heteroatoms. The lowest BCUT2D eigenvalue weighted by Crippen LogP contribution is -2.49. The van der Waals surface area contributed by atoms with Gasteiger partial charge in [-0.15, -0.1) is 0 Å². The molecule has 102 valence electrons. The molecule has 0 aromatic heterocycles. The largest absolute Gasteiger partial charge is 0.480 e. The maximum atomic E-state index is 11.6. The van der Waals surface area contributed by atoms with Crippen LogP contribution >= 0.6 is 12.6 Å². The highest BCUT2D eigenvalue weighted by Gasteiger charge is 2.23. The summed E-state index contributed by atoms with van der Waals surface area (Å²) in [6, 6.07) is -1.29. The van der Waals surface area contributed by atoms with Gasteiger partial charge in [0, 0.05) is 5.75 Å². The van der Waals surface area contributed by atoms with Gasteiger partial charge in [-0.05, 0) is 19.4 Å². The van der Waals surface area contributed by atoms with Crippen molar-refractivity contribution >= 4 is 30.4 Å². The quantitative estimate of drug-likeness (QED) is 0.374. The lowest BCUT2D eigenvalue weighted by Gasteiger charge is -2.14. The monoisotopic (exact) mass is 275 g/mol. The SMILES string of the molecule is O=C(CNC(=O)[C@@H]1CCCN1)N[C@@H](CS)C(=O)O. The number of hydrogen-bond acceptors (Lipinski definition) is 5. The van der Waals surface area contributed by atoms with E-state index in [0.717, 1.165) is 19.4 Å². The van der Waals surface area contributed by atoms with E-state index in [1.807, 2.05) is 0 Å². The topological polar surface area (TPSA) is 108 Å². The first kappa shape index (κ1) is 14.8. The van der Waals surface area contributed by atoms with E-state index < -0.39 is 17.9 Å². The number of nitrogens with one attached hydrogen (secondary N) is 3. The molecule has 0 aromatic rings. The number of carbonyl (C=O) groups is 3. The first-order valence-electron chi connectivity index (χ1n) is 5.68. The fourth-order valence-electron chi connectivity index (χ4n) is 1.63. The third-order valence-corrected chi connectivity index (χ3v) is 2.98. The van der Waals surface area contributed by atoms with Gasteiger partial charge in [-0.3, -0.25) is 9.59 Å². The van der Waals surface area contributed by atoms with Crippen LogP contribution < -0.4 is 16.0 Å². The Morgan fingerprint density at radius 3 is 2.67 bits per heavy atom. The zero-order chi connectivity index (χ0) is 13.5. The summed E-state index contributed by atoms with van der Waals surface area (Å²) >= 11 is 3.82. The van der Waals surface area contributed by atoms with Gasteiger partial charge in [0.2, 0.25) is 11.8 Å². The number of carbonyl (C=O) groups excluding carboxylic acids is 2. The molecular weight excluding hydrogens is 258 g/mol. The second-order valence-corrected chi connectivity index (χ2v) is 4.37. The van der Waals surface area contributed by atoms with Crippen molar-refractivity contribution in [1.82, 2.24) is 16.0 Å². The molecule has 4 N–H and O–H groups in total. The van der Waals surface area contributed by atoms with Gasteiger partial charge in [-0.25, -0.2) is 4.79 Å². The van der Waals surface area contributed by atoms with E-state index in [-0.39, 0.29) is 24.2 Å². The summed E-state index contributed by atoms with van der Waals surface area (Å²) in [6.07, 6.45) is 1.69. The summed E-state index contributed by atoms with van der Waals surface area (Å²) in [6.45, 7) is 0.569. The molecule has 7 nitrogen and oxygen atoms in total. The summed E-state index contributed by atoms with van der Waals surface area (Å²) in [5.74, 6) is -1.93. The summed E-state index contributed by atoms with van der Waals surface area (Å²) in [5.41, 5.74) is 0. The third kappa shape index (κ3) is 4.53. The van der Waals surface area contributed by atoms with Gasteiger partial charge in [0.25, 0.3) is 0 Å². The number of rotatable bonds is 6. The normalized spacial score (nSPS) is 20.2. The number of amides is 2. The minimum atomic E-state index is -1.15. The zero-order valence-electron chi connectivity index (χ0n) is 9.81. The molecule has 1 rings (SSSR count). The highest BCUT2D eigenvalue weighted by atomic mass is 32.1. The molecule has 0 spiro atoms. The molecule has 2 atom stereocenters. The molecule has 1 aliphatic heterocycles. The molecular formula is C10H17N3O4S. The molecule has 0 saturated carbocycles. The van der Waals surface area contributed by atoms with Crippen molar-refractivity contribution in [3.63, 3.8) is 0 Å². The van der Waals surface area contributed by atoms with E-state index in [1.54, 1.807) is 0 Å². The fourth-order valence-corrected chi connectivity index (χ4v) is 1.88. The molecule has 1 aliphatic rings. The Labute approximate surface area is 110 Å². The molecule has 0 radical (unpaired) electrons. The van der Waals surface area contributed by atoms with E-state index in [9.17, 15) is 14.4 Å².